The quantitative estimate of drug-likeness (QED) is 0.614. The van der Waals surface area contributed by atoms with Crippen molar-refractivity contribution in [3.05, 3.63) is 61.8 Å². The van der Waals surface area contributed by atoms with Crippen molar-refractivity contribution in [1.82, 2.24) is 5.32 Å². The molecule has 0 unspecified atom stereocenters. The summed E-state index contributed by atoms with van der Waals surface area (Å²) < 4.78 is 11.3. The van der Waals surface area contributed by atoms with Crippen LogP contribution in [0, 0.1) is 6.92 Å². The minimum Gasteiger partial charge on any atom is -0.451 e. The molecule has 3 heterocycles. The summed E-state index contributed by atoms with van der Waals surface area (Å²) in [6.45, 7) is 3.07. The Morgan fingerprint density at radius 3 is 2.84 bits per heavy atom. The zero-order valence-electron chi connectivity index (χ0n) is 17.8. The molecule has 7 nitrogen and oxygen atoms in total. The predicted molar refractivity (Wildman–Crippen MR) is 123 cm³/mol. The molecule has 0 spiro atoms. The second kappa shape index (κ2) is 8.52. The van der Waals surface area contributed by atoms with E-state index in [-0.39, 0.29) is 23.2 Å². The smallest absolute Gasteiger partial charge is 0.292 e. The number of amides is 2. The second-order valence-corrected chi connectivity index (χ2v) is 9.44. The number of carbonyl (C=O) groups excluding carboxylic acids is 2. The molecule has 1 aromatic carbocycles. The number of ether oxygens (including phenoxy) is 1. The number of aryl methyl sites for hydroxylation is 2. The van der Waals surface area contributed by atoms with Gasteiger partial charge in [0.05, 0.1) is 17.1 Å². The van der Waals surface area contributed by atoms with Gasteiger partial charge >= 0.3 is 0 Å². The van der Waals surface area contributed by atoms with Gasteiger partial charge in [-0.1, -0.05) is 11.6 Å². The van der Waals surface area contributed by atoms with Gasteiger partial charge in [0.25, 0.3) is 11.8 Å². The minimum absolute atomic E-state index is 0.0409. The van der Waals surface area contributed by atoms with Gasteiger partial charge in [-0.25, -0.2) is 0 Å². The van der Waals surface area contributed by atoms with Gasteiger partial charge in [0, 0.05) is 24.1 Å². The molecule has 2 N–H and O–H groups in total. The van der Waals surface area contributed by atoms with Crippen molar-refractivity contribution >= 4 is 39.1 Å². The van der Waals surface area contributed by atoms with Gasteiger partial charge in [0.15, 0.2) is 11.2 Å². The first-order valence-electron chi connectivity index (χ1n) is 10.9. The fourth-order valence-corrected chi connectivity index (χ4v) is 5.66. The summed E-state index contributed by atoms with van der Waals surface area (Å²) >= 11 is 1.42. The predicted octanol–water partition coefficient (Wildman–Crippen LogP) is 3.81. The van der Waals surface area contributed by atoms with E-state index in [1.54, 1.807) is 12.1 Å². The van der Waals surface area contributed by atoms with Crippen molar-refractivity contribution in [3.8, 4) is 0 Å². The lowest BCUT2D eigenvalue weighted by atomic mass is 10.1. The molecule has 5 rings (SSSR count). The number of benzene rings is 1. The summed E-state index contributed by atoms with van der Waals surface area (Å²) in [5, 5.41) is 6.72. The van der Waals surface area contributed by atoms with Gasteiger partial charge in [-0.3, -0.25) is 14.4 Å². The van der Waals surface area contributed by atoms with Crippen molar-refractivity contribution in [2.45, 2.75) is 45.1 Å². The highest BCUT2D eigenvalue weighted by atomic mass is 32.1. The van der Waals surface area contributed by atoms with E-state index in [4.69, 9.17) is 9.15 Å². The topological polar surface area (TPSA) is 97.6 Å². The number of hydrogen-bond donors (Lipinski definition) is 2. The Kier molecular flexibility index (Phi) is 5.57. The summed E-state index contributed by atoms with van der Waals surface area (Å²) in [5.74, 6) is -0.825. The Hall–Kier alpha value is -2.97. The van der Waals surface area contributed by atoms with Crippen LogP contribution in [0.3, 0.4) is 0 Å². The van der Waals surface area contributed by atoms with Crippen LogP contribution >= 0.6 is 11.3 Å². The third kappa shape index (κ3) is 3.96. The fourth-order valence-electron chi connectivity index (χ4n) is 4.38. The lowest BCUT2D eigenvalue weighted by Gasteiger charge is -2.12. The molecule has 1 aliphatic carbocycles. The van der Waals surface area contributed by atoms with Crippen LogP contribution in [0.2, 0.25) is 0 Å². The van der Waals surface area contributed by atoms with Crippen LogP contribution in [0.4, 0.5) is 5.00 Å². The van der Waals surface area contributed by atoms with Crippen molar-refractivity contribution in [1.29, 1.82) is 0 Å². The van der Waals surface area contributed by atoms with Crippen LogP contribution in [-0.2, 0) is 17.6 Å². The number of nitrogens with one attached hydrogen (secondary N) is 2. The molecular formula is C24H24N2O5S. The number of fused-ring (bicyclic) bond motifs is 2. The van der Waals surface area contributed by atoms with Gasteiger partial charge in [-0.05, 0) is 56.7 Å². The Morgan fingerprint density at radius 1 is 1.16 bits per heavy atom. The van der Waals surface area contributed by atoms with Crippen molar-refractivity contribution < 1.29 is 18.7 Å². The fraction of sp³-hybridized carbons (Fsp3) is 0.375. The van der Waals surface area contributed by atoms with Crippen molar-refractivity contribution in [3.63, 3.8) is 0 Å². The van der Waals surface area contributed by atoms with E-state index in [1.807, 2.05) is 13.0 Å². The molecule has 32 heavy (non-hydrogen) atoms. The van der Waals surface area contributed by atoms with E-state index in [2.05, 4.69) is 10.6 Å². The monoisotopic (exact) mass is 452 g/mol. The van der Waals surface area contributed by atoms with Gasteiger partial charge in [-0.2, -0.15) is 0 Å². The molecule has 0 bridgehead atoms. The number of anilines is 1. The average molecular weight is 453 g/mol. The molecule has 1 aliphatic heterocycles. The summed E-state index contributed by atoms with van der Waals surface area (Å²) in [6, 6.07) is 6.46. The van der Waals surface area contributed by atoms with Gasteiger partial charge in [-0.15, -0.1) is 11.3 Å². The number of hydrogen-bond acceptors (Lipinski definition) is 6. The third-order valence-corrected chi connectivity index (χ3v) is 7.20. The van der Waals surface area contributed by atoms with Gasteiger partial charge < -0.3 is 19.8 Å². The van der Waals surface area contributed by atoms with Gasteiger partial charge in [0.1, 0.15) is 10.6 Å². The molecule has 1 saturated heterocycles. The maximum Gasteiger partial charge on any atom is 0.292 e. The summed E-state index contributed by atoms with van der Waals surface area (Å²) in [7, 11) is 0. The Labute approximate surface area is 188 Å². The van der Waals surface area contributed by atoms with Crippen LogP contribution in [0.15, 0.2) is 33.5 Å². The second-order valence-electron chi connectivity index (χ2n) is 8.34. The minimum atomic E-state index is -0.544. The van der Waals surface area contributed by atoms with Crippen LogP contribution in [0.5, 0.6) is 0 Å². The highest BCUT2D eigenvalue weighted by Crippen LogP contribution is 2.39. The van der Waals surface area contributed by atoms with Crippen LogP contribution in [0.25, 0.3) is 11.0 Å². The number of carbonyl (C=O) groups is 2. The molecule has 2 aliphatic rings. The molecule has 1 fully saturated rings. The SMILES string of the molecule is Cc1ccc2oc(C(=O)Nc3sc4c(c3C(=O)NC[C@@H]3CCCO3)CCC4)cc(=O)c2c1. The van der Waals surface area contributed by atoms with Crippen LogP contribution in [-0.4, -0.2) is 31.1 Å². The first-order chi connectivity index (χ1) is 15.5. The summed E-state index contributed by atoms with van der Waals surface area (Å²) in [5.41, 5.74) is 2.55. The molecule has 8 heteroatoms. The molecule has 2 aromatic heterocycles. The normalized spacial score (nSPS) is 17.5. The van der Waals surface area contributed by atoms with Crippen LogP contribution in [0.1, 0.15) is 56.2 Å². The van der Waals surface area contributed by atoms with Crippen molar-refractivity contribution in [2.24, 2.45) is 0 Å². The zero-order chi connectivity index (χ0) is 22.2. The Bertz CT molecular complexity index is 1270. The maximum atomic E-state index is 13.0. The number of thiophene rings is 1. The molecule has 3 aromatic rings. The van der Waals surface area contributed by atoms with E-state index >= 15 is 0 Å². The van der Waals surface area contributed by atoms with E-state index in [9.17, 15) is 14.4 Å². The highest BCUT2D eigenvalue weighted by molar-refractivity contribution is 7.17. The van der Waals surface area contributed by atoms with Crippen molar-refractivity contribution in [2.75, 3.05) is 18.5 Å². The first-order valence-corrected chi connectivity index (χ1v) is 11.7. The van der Waals surface area contributed by atoms with E-state index in [0.717, 1.165) is 54.7 Å². The molecule has 0 saturated carbocycles. The molecule has 166 valence electrons. The summed E-state index contributed by atoms with van der Waals surface area (Å²) in [6.07, 6.45) is 4.69. The summed E-state index contributed by atoms with van der Waals surface area (Å²) in [4.78, 5) is 39.6. The maximum absolute atomic E-state index is 13.0. The lowest BCUT2D eigenvalue weighted by molar-refractivity contribution is 0.0858. The standard InChI is InChI=1S/C24H24N2O5S/c1-13-7-8-18-16(10-13)17(27)11-19(31-18)22(28)26-24-21(15-5-2-6-20(15)32-24)23(29)25-12-14-4-3-9-30-14/h7-8,10-11,14H,2-6,9,12H2,1H3,(H,25,29)(H,26,28)/t14-/m0/s1. The van der Waals surface area contributed by atoms with E-state index < -0.39 is 5.91 Å². The molecule has 0 radical (unpaired) electrons. The van der Waals surface area contributed by atoms with E-state index in [0.29, 0.717) is 28.1 Å². The third-order valence-electron chi connectivity index (χ3n) is 6.00. The molecule has 1 atom stereocenters. The largest absolute Gasteiger partial charge is 0.451 e. The van der Waals surface area contributed by atoms with Crippen LogP contribution < -0.4 is 16.1 Å². The molecule has 2 amide bonds. The average Bonchev–Trinajstić information content (AvgIpc) is 3.50. The van der Waals surface area contributed by atoms with Gasteiger partial charge in [0.2, 0.25) is 0 Å². The lowest BCUT2D eigenvalue weighted by Crippen LogP contribution is -2.32. The first kappa shape index (κ1) is 20.9. The Balaban J connectivity index is 1.41. The van der Waals surface area contributed by atoms with E-state index in [1.165, 1.54) is 17.4 Å². The zero-order valence-corrected chi connectivity index (χ0v) is 18.6. The highest BCUT2D eigenvalue weighted by Gasteiger charge is 2.29. The number of rotatable bonds is 5. The Morgan fingerprint density at radius 2 is 2.03 bits per heavy atom. The molecular weight excluding hydrogens is 428 g/mol.